The van der Waals surface area contributed by atoms with Crippen LogP contribution >= 0.6 is 27.5 Å². The highest BCUT2D eigenvalue weighted by Gasteiger charge is 2.33. The molecule has 0 saturated heterocycles. The Bertz CT molecular complexity index is 1120. The molecule has 0 fully saturated rings. The van der Waals surface area contributed by atoms with Crippen LogP contribution in [0.3, 0.4) is 0 Å². The lowest BCUT2D eigenvalue weighted by molar-refractivity contribution is -0.113. The monoisotopic (exact) mass is 466 g/mol. The van der Waals surface area contributed by atoms with E-state index in [9.17, 15) is 4.79 Å². The molecule has 144 valence electrons. The van der Waals surface area contributed by atoms with Gasteiger partial charge in [0.1, 0.15) is 17.3 Å². The third kappa shape index (κ3) is 3.97. The molecule has 0 bridgehead atoms. The van der Waals surface area contributed by atoms with Crippen LogP contribution in [0.5, 0.6) is 5.75 Å². The molecular formula is C23H16BrClN2O2. The second-order valence-corrected chi connectivity index (χ2v) is 7.63. The van der Waals surface area contributed by atoms with Crippen LogP contribution in [0.25, 0.3) is 6.08 Å². The molecule has 1 amide bonds. The maximum absolute atomic E-state index is 13.3. The van der Waals surface area contributed by atoms with Crippen LogP contribution in [0.15, 0.2) is 88.0 Å². The van der Waals surface area contributed by atoms with Gasteiger partial charge in [0, 0.05) is 15.1 Å². The number of amidine groups is 1. The SMILES string of the molecule is COc1ccc(N2C(=O)/C(=C\c3ccc(Cl)cc3)N=C2c2ccccc2Br)cc1. The third-order valence-corrected chi connectivity index (χ3v) is 5.42. The topological polar surface area (TPSA) is 41.9 Å². The predicted octanol–water partition coefficient (Wildman–Crippen LogP) is 5.95. The zero-order chi connectivity index (χ0) is 20.4. The van der Waals surface area contributed by atoms with E-state index >= 15 is 0 Å². The number of ether oxygens (including phenoxy) is 1. The van der Waals surface area contributed by atoms with E-state index in [0.29, 0.717) is 22.2 Å². The van der Waals surface area contributed by atoms with E-state index < -0.39 is 0 Å². The molecule has 1 aliphatic rings. The fourth-order valence-electron chi connectivity index (χ4n) is 3.03. The number of methoxy groups -OCH3 is 1. The van der Waals surface area contributed by atoms with Crippen LogP contribution in [0.4, 0.5) is 5.69 Å². The Morgan fingerprint density at radius 3 is 2.34 bits per heavy atom. The molecule has 0 spiro atoms. The fraction of sp³-hybridized carbons (Fsp3) is 0.0435. The Labute approximate surface area is 182 Å². The summed E-state index contributed by atoms with van der Waals surface area (Å²) in [5, 5.41) is 0.641. The number of aliphatic imine (C=N–C) groups is 1. The number of carbonyl (C=O) groups excluding carboxylic acids is 1. The molecule has 1 aliphatic heterocycles. The van der Waals surface area contributed by atoms with Gasteiger partial charge in [0.2, 0.25) is 0 Å². The van der Waals surface area contributed by atoms with Gasteiger partial charge in [0.05, 0.1) is 12.8 Å². The van der Waals surface area contributed by atoms with Gasteiger partial charge in [-0.2, -0.15) is 0 Å². The van der Waals surface area contributed by atoms with Gasteiger partial charge in [-0.1, -0.05) is 57.9 Å². The molecule has 0 radical (unpaired) electrons. The summed E-state index contributed by atoms with van der Waals surface area (Å²) in [6, 6.07) is 22.3. The minimum absolute atomic E-state index is 0.198. The maximum Gasteiger partial charge on any atom is 0.282 e. The number of rotatable bonds is 4. The van der Waals surface area contributed by atoms with Crippen molar-refractivity contribution in [3.8, 4) is 5.75 Å². The molecule has 0 N–H and O–H groups in total. The number of benzene rings is 3. The summed E-state index contributed by atoms with van der Waals surface area (Å²) in [5.41, 5.74) is 2.75. The minimum Gasteiger partial charge on any atom is -0.497 e. The first-order chi connectivity index (χ1) is 14.1. The molecule has 0 saturated carbocycles. The summed E-state index contributed by atoms with van der Waals surface area (Å²) in [6.07, 6.45) is 1.76. The molecule has 6 heteroatoms. The number of amides is 1. The number of hydrogen-bond donors (Lipinski definition) is 0. The molecule has 1 heterocycles. The second kappa shape index (κ2) is 8.23. The summed E-state index contributed by atoms with van der Waals surface area (Å²) in [4.78, 5) is 19.6. The van der Waals surface area contributed by atoms with E-state index in [-0.39, 0.29) is 5.91 Å². The van der Waals surface area contributed by atoms with Crippen molar-refractivity contribution in [3.63, 3.8) is 0 Å². The summed E-state index contributed by atoms with van der Waals surface area (Å²) < 4.78 is 6.09. The summed E-state index contributed by atoms with van der Waals surface area (Å²) >= 11 is 9.54. The minimum atomic E-state index is -0.198. The molecule has 4 rings (SSSR count). The Balaban J connectivity index is 1.82. The zero-order valence-electron chi connectivity index (χ0n) is 15.5. The van der Waals surface area contributed by atoms with Crippen molar-refractivity contribution in [1.29, 1.82) is 0 Å². The smallest absolute Gasteiger partial charge is 0.282 e. The van der Waals surface area contributed by atoms with Gasteiger partial charge >= 0.3 is 0 Å². The van der Waals surface area contributed by atoms with Crippen molar-refractivity contribution in [2.45, 2.75) is 0 Å². The zero-order valence-corrected chi connectivity index (χ0v) is 17.8. The van der Waals surface area contributed by atoms with Crippen molar-refractivity contribution in [3.05, 3.63) is 99.1 Å². The summed E-state index contributed by atoms with van der Waals surface area (Å²) in [5.74, 6) is 1.08. The molecule has 0 aliphatic carbocycles. The molecule has 3 aromatic rings. The number of halogens is 2. The van der Waals surface area contributed by atoms with E-state index in [1.165, 1.54) is 0 Å². The Kier molecular flexibility index (Phi) is 5.51. The van der Waals surface area contributed by atoms with Crippen molar-refractivity contribution in [2.24, 2.45) is 4.99 Å². The van der Waals surface area contributed by atoms with Gasteiger partial charge < -0.3 is 4.74 Å². The van der Waals surface area contributed by atoms with Gasteiger partial charge in [-0.3, -0.25) is 9.69 Å². The summed E-state index contributed by atoms with van der Waals surface area (Å²) in [6.45, 7) is 0. The van der Waals surface area contributed by atoms with Crippen LogP contribution in [0, 0.1) is 0 Å². The number of hydrogen-bond acceptors (Lipinski definition) is 3. The van der Waals surface area contributed by atoms with Gasteiger partial charge in [0.25, 0.3) is 5.91 Å². The van der Waals surface area contributed by atoms with E-state index in [4.69, 9.17) is 16.3 Å². The van der Waals surface area contributed by atoms with Gasteiger partial charge in [0.15, 0.2) is 0 Å². The van der Waals surface area contributed by atoms with Crippen molar-refractivity contribution < 1.29 is 9.53 Å². The first-order valence-electron chi connectivity index (χ1n) is 8.86. The first kappa shape index (κ1) is 19.4. The lowest BCUT2D eigenvalue weighted by atomic mass is 10.1. The lowest BCUT2D eigenvalue weighted by Crippen LogP contribution is -2.32. The largest absolute Gasteiger partial charge is 0.497 e. The van der Waals surface area contributed by atoms with Crippen molar-refractivity contribution in [2.75, 3.05) is 12.0 Å². The van der Waals surface area contributed by atoms with Crippen molar-refractivity contribution in [1.82, 2.24) is 0 Å². The average molecular weight is 468 g/mol. The quantitative estimate of drug-likeness (QED) is 0.445. The Hall–Kier alpha value is -2.89. The Morgan fingerprint density at radius 2 is 1.69 bits per heavy atom. The highest BCUT2D eigenvalue weighted by molar-refractivity contribution is 9.10. The van der Waals surface area contributed by atoms with Crippen LogP contribution in [0.1, 0.15) is 11.1 Å². The number of anilines is 1. The van der Waals surface area contributed by atoms with Crippen LogP contribution in [-0.4, -0.2) is 18.9 Å². The highest BCUT2D eigenvalue weighted by Crippen LogP contribution is 2.31. The molecule has 0 atom stereocenters. The normalized spacial score (nSPS) is 15.0. The molecule has 0 aromatic heterocycles. The molecular weight excluding hydrogens is 452 g/mol. The van der Waals surface area contributed by atoms with Gasteiger partial charge in [-0.25, -0.2) is 4.99 Å². The van der Waals surface area contributed by atoms with Crippen LogP contribution < -0.4 is 9.64 Å². The van der Waals surface area contributed by atoms with E-state index in [0.717, 1.165) is 21.3 Å². The molecule has 0 unspecified atom stereocenters. The van der Waals surface area contributed by atoms with Gasteiger partial charge in [-0.15, -0.1) is 0 Å². The van der Waals surface area contributed by atoms with E-state index in [1.54, 1.807) is 30.2 Å². The van der Waals surface area contributed by atoms with E-state index in [2.05, 4.69) is 20.9 Å². The average Bonchev–Trinajstić information content (AvgIpc) is 3.06. The number of nitrogens with zero attached hydrogens (tertiary/aromatic N) is 2. The highest BCUT2D eigenvalue weighted by atomic mass is 79.9. The second-order valence-electron chi connectivity index (χ2n) is 6.33. The molecule has 3 aromatic carbocycles. The first-order valence-corrected chi connectivity index (χ1v) is 10.0. The maximum atomic E-state index is 13.3. The van der Waals surface area contributed by atoms with E-state index in [1.807, 2.05) is 60.7 Å². The third-order valence-electron chi connectivity index (χ3n) is 4.48. The molecule has 4 nitrogen and oxygen atoms in total. The fourth-order valence-corrected chi connectivity index (χ4v) is 3.62. The lowest BCUT2D eigenvalue weighted by Gasteiger charge is -2.19. The van der Waals surface area contributed by atoms with Crippen molar-refractivity contribution >= 4 is 51.0 Å². The van der Waals surface area contributed by atoms with Gasteiger partial charge in [-0.05, 0) is 54.1 Å². The Morgan fingerprint density at radius 1 is 1.00 bits per heavy atom. The predicted molar refractivity (Wildman–Crippen MR) is 121 cm³/mol. The van der Waals surface area contributed by atoms with Crippen LogP contribution in [-0.2, 0) is 4.79 Å². The van der Waals surface area contributed by atoms with Crippen LogP contribution in [0.2, 0.25) is 5.02 Å². The standard InChI is InChI=1S/C23H16BrClN2O2/c1-29-18-12-10-17(11-13-18)27-22(19-4-2-3-5-20(19)24)26-21(23(27)28)14-15-6-8-16(25)9-7-15/h2-14H,1H3/b21-14+. The number of carbonyl (C=O) groups is 1. The summed E-state index contributed by atoms with van der Waals surface area (Å²) in [7, 11) is 1.61. The molecule has 29 heavy (non-hydrogen) atoms.